The van der Waals surface area contributed by atoms with Crippen molar-refractivity contribution in [3.63, 3.8) is 0 Å². The predicted octanol–water partition coefficient (Wildman–Crippen LogP) is 1.92. The van der Waals surface area contributed by atoms with Crippen LogP contribution >= 0.6 is 23.1 Å². The number of carbonyl (C=O) groups excluding carboxylic acids is 1. The van der Waals surface area contributed by atoms with E-state index in [1.165, 1.54) is 11.6 Å². The van der Waals surface area contributed by atoms with Gasteiger partial charge in [0.25, 0.3) is 0 Å². The van der Waals surface area contributed by atoms with E-state index in [0.717, 1.165) is 11.5 Å². The van der Waals surface area contributed by atoms with Gasteiger partial charge in [0.1, 0.15) is 0 Å². The average Bonchev–Trinajstić information content (AvgIpc) is 2.54. The molecule has 0 unspecified atom stereocenters. The lowest BCUT2D eigenvalue weighted by molar-refractivity contribution is 0.0526. The molecule has 1 heterocycles. The maximum absolute atomic E-state index is 11.1. The van der Waals surface area contributed by atoms with Crippen LogP contribution in [0.4, 0.5) is 0 Å². The molecule has 1 aromatic heterocycles. The molecule has 0 aliphatic rings. The van der Waals surface area contributed by atoms with Gasteiger partial charge < -0.3 is 4.74 Å². The Morgan fingerprint density at radius 3 is 3.15 bits per heavy atom. The van der Waals surface area contributed by atoms with Crippen molar-refractivity contribution in [1.82, 2.24) is 9.36 Å². The predicted molar refractivity (Wildman–Crippen MR) is 50.8 cm³/mol. The molecular weight excluding hydrogens is 212 g/mol. The minimum absolute atomic E-state index is 0.242. The Balaban J connectivity index is 2.73. The minimum Gasteiger partial charge on any atom is -0.461 e. The molecule has 0 aromatic carbocycles. The highest BCUT2D eigenvalue weighted by molar-refractivity contribution is 7.07. The van der Waals surface area contributed by atoms with Gasteiger partial charge in [-0.05, 0) is 24.5 Å². The fourth-order valence-corrected chi connectivity index (χ4v) is 1.30. The highest BCUT2D eigenvalue weighted by Gasteiger charge is 2.11. The summed E-state index contributed by atoms with van der Waals surface area (Å²) in [6.07, 6.45) is 1.50. The molecule has 6 heteroatoms. The van der Waals surface area contributed by atoms with Crippen molar-refractivity contribution in [1.29, 1.82) is 0 Å². The third-order valence-corrected chi connectivity index (χ3v) is 1.94. The summed E-state index contributed by atoms with van der Waals surface area (Å²) < 4.78 is 8.60. The molecule has 0 saturated carbocycles. The van der Waals surface area contributed by atoms with E-state index in [2.05, 4.69) is 9.36 Å². The summed E-state index contributed by atoms with van der Waals surface area (Å²) >= 11 is 6.31. The lowest BCUT2D eigenvalue weighted by Crippen LogP contribution is -2.03. The lowest BCUT2D eigenvalue weighted by Gasteiger charge is -1.94. The topological polar surface area (TPSA) is 52.1 Å². The molecule has 0 atom stereocenters. The lowest BCUT2D eigenvalue weighted by atomic mass is 10.6. The molecule has 0 radical (unpaired) electrons. The number of halogens is 1. The Hall–Kier alpha value is -0.940. The summed E-state index contributed by atoms with van der Waals surface area (Å²) in [5, 5.41) is 0.242. The third-order valence-electron chi connectivity index (χ3n) is 1.10. The average molecular weight is 219 g/mol. The molecule has 13 heavy (non-hydrogen) atoms. The van der Waals surface area contributed by atoms with E-state index in [1.54, 1.807) is 6.92 Å². The Morgan fingerprint density at radius 1 is 1.77 bits per heavy atom. The maximum atomic E-state index is 11.1. The molecule has 0 fully saturated rings. The van der Waals surface area contributed by atoms with Gasteiger partial charge in [-0.2, -0.15) is 4.37 Å². The summed E-state index contributed by atoms with van der Waals surface area (Å²) in [6.45, 7) is 2.07. The molecular formula is C7H7ClN2O2S. The molecule has 0 spiro atoms. The fourth-order valence-electron chi connectivity index (χ4n) is 0.635. The third kappa shape index (κ3) is 2.78. The zero-order valence-electron chi connectivity index (χ0n) is 6.86. The van der Waals surface area contributed by atoms with Crippen molar-refractivity contribution in [3.05, 3.63) is 16.4 Å². The van der Waals surface area contributed by atoms with Gasteiger partial charge in [0.05, 0.1) is 6.61 Å². The summed E-state index contributed by atoms with van der Waals surface area (Å²) in [7, 11) is 0. The maximum Gasteiger partial charge on any atom is 0.369 e. The molecule has 0 amide bonds. The Morgan fingerprint density at radius 2 is 2.54 bits per heavy atom. The van der Waals surface area contributed by atoms with Crippen LogP contribution in [0.15, 0.2) is 5.54 Å². The standard InChI is InChI=1S/C7H7ClN2O2S/c1-2-12-7(11)6-9-5(3-4-8)10-13-6/h3-4H,2H2,1H3/b4-3+. The Labute approximate surface area is 84.4 Å². The van der Waals surface area contributed by atoms with Crippen molar-refractivity contribution in [2.45, 2.75) is 6.92 Å². The molecule has 0 bridgehead atoms. The van der Waals surface area contributed by atoms with Gasteiger partial charge in [-0.1, -0.05) is 11.6 Å². The smallest absolute Gasteiger partial charge is 0.369 e. The largest absolute Gasteiger partial charge is 0.461 e. The minimum atomic E-state index is -0.450. The van der Waals surface area contributed by atoms with Gasteiger partial charge in [0.15, 0.2) is 5.82 Å². The first-order valence-electron chi connectivity index (χ1n) is 3.55. The van der Waals surface area contributed by atoms with Crippen LogP contribution in [0.1, 0.15) is 22.6 Å². The normalized spacial score (nSPS) is 10.6. The van der Waals surface area contributed by atoms with E-state index in [4.69, 9.17) is 16.3 Å². The van der Waals surface area contributed by atoms with Gasteiger partial charge in [-0.3, -0.25) is 0 Å². The number of esters is 1. The van der Waals surface area contributed by atoms with Gasteiger partial charge in [-0.15, -0.1) is 0 Å². The molecule has 0 N–H and O–H groups in total. The van der Waals surface area contributed by atoms with Crippen LogP contribution in [0.5, 0.6) is 0 Å². The number of hydrogen-bond donors (Lipinski definition) is 0. The second-order valence-corrected chi connectivity index (χ2v) is 2.97. The van der Waals surface area contributed by atoms with Crippen LogP contribution in [0.25, 0.3) is 6.08 Å². The van der Waals surface area contributed by atoms with Crippen LogP contribution in [0.3, 0.4) is 0 Å². The number of aromatic nitrogens is 2. The Bertz CT molecular complexity index is 324. The zero-order chi connectivity index (χ0) is 9.68. The first kappa shape index (κ1) is 10.1. The summed E-state index contributed by atoms with van der Waals surface area (Å²) in [5.41, 5.74) is 1.29. The molecule has 1 rings (SSSR count). The van der Waals surface area contributed by atoms with Crippen molar-refractivity contribution in [2.24, 2.45) is 0 Å². The molecule has 0 aliphatic heterocycles. The van der Waals surface area contributed by atoms with Crippen molar-refractivity contribution < 1.29 is 9.53 Å². The number of carbonyl (C=O) groups is 1. The van der Waals surface area contributed by atoms with Gasteiger partial charge in [0.2, 0.25) is 5.01 Å². The number of nitrogens with zero attached hydrogens (tertiary/aromatic N) is 2. The first-order valence-corrected chi connectivity index (χ1v) is 4.76. The zero-order valence-corrected chi connectivity index (χ0v) is 8.43. The number of rotatable bonds is 3. The van der Waals surface area contributed by atoms with Crippen molar-refractivity contribution in [3.8, 4) is 0 Å². The monoisotopic (exact) mass is 218 g/mol. The highest BCUT2D eigenvalue weighted by Crippen LogP contribution is 2.07. The SMILES string of the molecule is CCOC(=O)c1nc(/C=C/Cl)ns1. The van der Waals surface area contributed by atoms with E-state index in [0.29, 0.717) is 12.4 Å². The van der Waals surface area contributed by atoms with Crippen LogP contribution in [-0.2, 0) is 4.74 Å². The summed E-state index contributed by atoms with van der Waals surface area (Å²) in [6, 6.07) is 0. The molecule has 70 valence electrons. The van der Waals surface area contributed by atoms with Crippen molar-refractivity contribution >= 4 is 35.2 Å². The highest BCUT2D eigenvalue weighted by atomic mass is 35.5. The first-order chi connectivity index (χ1) is 6.27. The fraction of sp³-hybridized carbons (Fsp3) is 0.286. The number of ether oxygens (including phenoxy) is 1. The van der Waals surface area contributed by atoms with Crippen LogP contribution in [-0.4, -0.2) is 21.9 Å². The van der Waals surface area contributed by atoms with Gasteiger partial charge in [0, 0.05) is 5.54 Å². The molecule has 4 nitrogen and oxygen atoms in total. The van der Waals surface area contributed by atoms with E-state index < -0.39 is 5.97 Å². The Kier molecular flexibility index (Phi) is 3.85. The van der Waals surface area contributed by atoms with Crippen LogP contribution in [0, 0.1) is 0 Å². The van der Waals surface area contributed by atoms with E-state index in [1.807, 2.05) is 0 Å². The number of hydrogen-bond acceptors (Lipinski definition) is 5. The van der Waals surface area contributed by atoms with E-state index >= 15 is 0 Å². The molecule has 0 aliphatic carbocycles. The van der Waals surface area contributed by atoms with Gasteiger partial charge >= 0.3 is 5.97 Å². The second kappa shape index (κ2) is 4.94. The summed E-state index contributed by atoms with van der Waals surface area (Å²) in [4.78, 5) is 15.0. The molecule has 0 saturated heterocycles. The quantitative estimate of drug-likeness (QED) is 0.728. The van der Waals surface area contributed by atoms with Crippen LogP contribution in [0.2, 0.25) is 0 Å². The van der Waals surface area contributed by atoms with E-state index in [9.17, 15) is 4.79 Å². The van der Waals surface area contributed by atoms with E-state index in [-0.39, 0.29) is 5.01 Å². The van der Waals surface area contributed by atoms with Gasteiger partial charge in [-0.25, -0.2) is 9.78 Å². The van der Waals surface area contributed by atoms with Crippen molar-refractivity contribution in [2.75, 3.05) is 6.61 Å². The molecule has 1 aromatic rings. The second-order valence-electron chi connectivity index (χ2n) is 1.97. The summed E-state index contributed by atoms with van der Waals surface area (Å²) in [5.74, 6) is -0.0303. The van der Waals surface area contributed by atoms with Crippen LogP contribution < -0.4 is 0 Å².